The molecule has 0 atom stereocenters. The number of benzene rings is 2. The van der Waals surface area contributed by atoms with Crippen LogP contribution in [-0.4, -0.2) is 36.5 Å². The maximum Gasteiger partial charge on any atom is 0.336 e. The Kier molecular flexibility index (Phi) is 6.79. The lowest BCUT2D eigenvalue weighted by Crippen LogP contribution is -2.34. The molecule has 1 heterocycles. The van der Waals surface area contributed by atoms with Crippen LogP contribution in [0.5, 0.6) is 0 Å². The van der Waals surface area contributed by atoms with E-state index in [0.717, 1.165) is 5.70 Å². The number of carbonyl (C=O) groups excluding carboxylic acids is 3. The van der Waals surface area contributed by atoms with Gasteiger partial charge < -0.3 is 15.4 Å². The van der Waals surface area contributed by atoms with Crippen LogP contribution in [0, 0.1) is 0 Å². The average Bonchev–Trinajstić information content (AvgIpc) is 3.17. The van der Waals surface area contributed by atoms with Crippen LogP contribution < -0.4 is 16.0 Å². The number of halogens is 1. The predicted octanol–water partition coefficient (Wildman–Crippen LogP) is 3.89. The monoisotopic (exact) mass is 431 g/mol. The number of carbonyl (C=O) groups is 3. The lowest BCUT2D eigenvalue weighted by Gasteiger charge is -2.14. The Morgan fingerprint density at radius 3 is 2.38 bits per heavy atom. The molecule has 0 saturated heterocycles. The van der Waals surface area contributed by atoms with Crippen molar-refractivity contribution < 1.29 is 19.1 Å². The van der Waals surface area contributed by atoms with Crippen LogP contribution in [-0.2, 0) is 9.53 Å². The van der Waals surface area contributed by atoms with E-state index in [0.29, 0.717) is 39.0 Å². The summed E-state index contributed by atoms with van der Waals surface area (Å²) in [6.45, 7) is 0. The van der Waals surface area contributed by atoms with Gasteiger partial charge in [0.2, 0.25) is 0 Å². The van der Waals surface area contributed by atoms with Crippen molar-refractivity contribution in [2.24, 2.45) is 0 Å². The van der Waals surface area contributed by atoms with Gasteiger partial charge in [-0.05, 0) is 36.4 Å². The smallest absolute Gasteiger partial charge is 0.336 e. The number of ether oxygens (including phenoxy) is 1. The van der Waals surface area contributed by atoms with Crippen LogP contribution in [0.1, 0.15) is 10.4 Å². The summed E-state index contributed by atoms with van der Waals surface area (Å²) in [6.07, 6.45) is 0. The van der Waals surface area contributed by atoms with E-state index in [-0.39, 0.29) is 5.97 Å². The Labute approximate surface area is 176 Å². The standard InChI is InChI=1S/C20H18ClN3O4S/c1-28-19(26)14-10-29-11-17(14)22-15-4-2-3-5-16(15)23-20(27)24-18(25)12-6-8-13(21)9-7-12/h2-9,22H,10-11H2,1H3,(H2,23,24,25,27). The molecule has 0 saturated carbocycles. The molecule has 29 heavy (non-hydrogen) atoms. The SMILES string of the molecule is COC(=O)C1=C(Nc2ccccc2NC(=O)NC(=O)c2ccc(Cl)cc2)CSC1. The van der Waals surface area contributed by atoms with Crippen molar-refractivity contribution in [3.63, 3.8) is 0 Å². The molecular weight excluding hydrogens is 414 g/mol. The maximum atomic E-state index is 12.3. The maximum absolute atomic E-state index is 12.3. The Morgan fingerprint density at radius 2 is 1.69 bits per heavy atom. The van der Waals surface area contributed by atoms with Crippen molar-refractivity contribution in [1.29, 1.82) is 0 Å². The van der Waals surface area contributed by atoms with Gasteiger partial charge in [0, 0.05) is 27.8 Å². The number of rotatable bonds is 5. The minimum absolute atomic E-state index is 0.312. The number of amides is 3. The van der Waals surface area contributed by atoms with Crippen molar-refractivity contribution in [3.8, 4) is 0 Å². The van der Waals surface area contributed by atoms with E-state index in [1.165, 1.54) is 19.2 Å². The van der Waals surface area contributed by atoms with E-state index in [4.69, 9.17) is 16.3 Å². The van der Waals surface area contributed by atoms with Crippen molar-refractivity contribution >= 4 is 52.6 Å². The van der Waals surface area contributed by atoms with Gasteiger partial charge in [-0.2, -0.15) is 11.8 Å². The highest BCUT2D eigenvalue weighted by atomic mass is 35.5. The van der Waals surface area contributed by atoms with Gasteiger partial charge >= 0.3 is 12.0 Å². The molecule has 1 aliphatic heterocycles. The number of urea groups is 1. The quantitative estimate of drug-likeness (QED) is 0.621. The van der Waals surface area contributed by atoms with Crippen LogP contribution in [0.2, 0.25) is 5.02 Å². The molecule has 0 radical (unpaired) electrons. The molecule has 0 unspecified atom stereocenters. The molecule has 2 aromatic carbocycles. The molecule has 3 amide bonds. The number of hydrogen-bond acceptors (Lipinski definition) is 6. The van der Waals surface area contributed by atoms with E-state index in [2.05, 4.69) is 16.0 Å². The van der Waals surface area contributed by atoms with Crippen LogP contribution in [0.4, 0.5) is 16.2 Å². The number of methoxy groups -OCH3 is 1. The molecule has 3 rings (SSSR count). The zero-order chi connectivity index (χ0) is 20.8. The fourth-order valence-corrected chi connectivity index (χ4v) is 3.81. The molecule has 9 heteroatoms. The summed E-state index contributed by atoms with van der Waals surface area (Å²) in [4.78, 5) is 36.4. The molecule has 7 nitrogen and oxygen atoms in total. The zero-order valence-electron chi connectivity index (χ0n) is 15.5. The summed E-state index contributed by atoms with van der Waals surface area (Å²) in [6, 6.07) is 12.5. The largest absolute Gasteiger partial charge is 0.466 e. The third-order valence-corrected chi connectivity index (χ3v) is 5.32. The fraction of sp³-hybridized carbons (Fsp3) is 0.150. The Balaban J connectivity index is 1.70. The van der Waals surface area contributed by atoms with Gasteiger partial charge in [-0.25, -0.2) is 9.59 Å². The molecular formula is C20H18ClN3O4S. The average molecular weight is 432 g/mol. The second kappa shape index (κ2) is 9.49. The molecule has 0 fully saturated rings. The van der Waals surface area contributed by atoms with Gasteiger partial charge in [0.1, 0.15) is 0 Å². The highest BCUT2D eigenvalue weighted by molar-refractivity contribution is 8.00. The summed E-state index contributed by atoms with van der Waals surface area (Å²) < 4.78 is 4.81. The van der Waals surface area contributed by atoms with E-state index in [1.807, 2.05) is 0 Å². The first kappa shape index (κ1) is 20.8. The fourth-order valence-electron chi connectivity index (χ4n) is 2.64. The van der Waals surface area contributed by atoms with Crippen molar-refractivity contribution in [3.05, 3.63) is 70.4 Å². The Hall–Kier alpha value is -2.97. The van der Waals surface area contributed by atoms with Crippen molar-refractivity contribution in [1.82, 2.24) is 5.32 Å². The summed E-state index contributed by atoms with van der Waals surface area (Å²) in [7, 11) is 1.34. The summed E-state index contributed by atoms with van der Waals surface area (Å²) in [5.74, 6) is 0.252. The Morgan fingerprint density at radius 1 is 1.00 bits per heavy atom. The van der Waals surface area contributed by atoms with E-state index in [1.54, 1.807) is 48.2 Å². The second-order valence-electron chi connectivity index (χ2n) is 6.03. The normalized spacial score (nSPS) is 13.0. The Bertz CT molecular complexity index is 976. The third kappa shape index (κ3) is 5.30. The van der Waals surface area contributed by atoms with Crippen LogP contribution >= 0.6 is 23.4 Å². The summed E-state index contributed by atoms with van der Waals surface area (Å²) in [5.41, 5.74) is 2.67. The lowest BCUT2D eigenvalue weighted by molar-refractivity contribution is -0.136. The third-order valence-electron chi connectivity index (χ3n) is 4.08. The molecule has 0 aromatic heterocycles. The van der Waals surface area contributed by atoms with Crippen molar-refractivity contribution in [2.75, 3.05) is 29.2 Å². The van der Waals surface area contributed by atoms with E-state index < -0.39 is 11.9 Å². The van der Waals surface area contributed by atoms with Crippen LogP contribution in [0.3, 0.4) is 0 Å². The molecule has 0 bridgehead atoms. The minimum atomic E-state index is -0.679. The number of anilines is 2. The summed E-state index contributed by atoms with van der Waals surface area (Å²) in [5, 5.41) is 8.60. The second-order valence-corrected chi connectivity index (χ2v) is 7.45. The van der Waals surface area contributed by atoms with Crippen LogP contribution in [0.15, 0.2) is 59.8 Å². The van der Waals surface area contributed by atoms with Gasteiger partial charge in [-0.3, -0.25) is 10.1 Å². The van der Waals surface area contributed by atoms with Gasteiger partial charge in [0.15, 0.2) is 0 Å². The van der Waals surface area contributed by atoms with Gasteiger partial charge in [-0.1, -0.05) is 23.7 Å². The number of para-hydroxylation sites is 2. The number of nitrogens with one attached hydrogen (secondary N) is 3. The number of esters is 1. The molecule has 3 N–H and O–H groups in total. The number of hydrogen-bond donors (Lipinski definition) is 3. The van der Waals surface area contributed by atoms with Gasteiger partial charge in [-0.15, -0.1) is 0 Å². The van der Waals surface area contributed by atoms with Gasteiger partial charge in [0.05, 0.1) is 24.1 Å². The molecule has 0 spiro atoms. The molecule has 1 aliphatic rings. The van der Waals surface area contributed by atoms with Crippen LogP contribution in [0.25, 0.3) is 0 Å². The first-order chi connectivity index (χ1) is 14.0. The minimum Gasteiger partial charge on any atom is -0.466 e. The van der Waals surface area contributed by atoms with Crippen molar-refractivity contribution in [2.45, 2.75) is 0 Å². The summed E-state index contributed by atoms with van der Waals surface area (Å²) >= 11 is 7.39. The topological polar surface area (TPSA) is 96.5 Å². The first-order valence-corrected chi connectivity index (χ1v) is 10.1. The zero-order valence-corrected chi connectivity index (χ0v) is 17.0. The van der Waals surface area contributed by atoms with E-state index in [9.17, 15) is 14.4 Å². The van der Waals surface area contributed by atoms with E-state index >= 15 is 0 Å². The number of thioether (sulfide) groups is 1. The highest BCUT2D eigenvalue weighted by Crippen LogP contribution is 2.30. The van der Waals surface area contributed by atoms with Gasteiger partial charge in [0.25, 0.3) is 5.91 Å². The molecule has 2 aromatic rings. The number of imide groups is 1. The highest BCUT2D eigenvalue weighted by Gasteiger charge is 2.23. The predicted molar refractivity (Wildman–Crippen MR) is 114 cm³/mol. The molecule has 0 aliphatic carbocycles. The molecule has 150 valence electrons. The lowest BCUT2D eigenvalue weighted by atomic mass is 10.2. The first-order valence-electron chi connectivity index (χ1n) is 8.60.